The number of benzene rings is 1. The number of nitriles is 1. The molecule has 27 heavy (non-hydrogen) atoms. The van der Waals surface area contributed by atoms with Gasteiger partial charge in [0, 0.05) is 24.5 Å². The number of nitrogens with zero attached hydrogens (tertiary/aromatic N) is 4. The van der Waals surface area contributed by atoms with Crippen LogP contribution in [-0.2, 0) is 0 Å². The van der Waals surface area contributed by atoms with E-state index in [2.05, 4.69) is 35.1 Å². The van der Waals surface area contributed by atoms with Crippen molar-refractivity contribution >= 4 is 17.5 Å². The summed E-state index contributed by atoms with van der Waals surface area (Å²) in [6.07, 6.45) is 4.70. The summed E-state index contributed by atoms with van der Waals surface area (Å²) in [6.45, 7) is 5.97. The number of hydrogen-bond acceptors (Lipinski definition) is 5. The van der Waals surface area contributed by atoms with Crippen molar-refractivity contribution in [2.24, 2.45) is 0 Å². The minimum absolute atomic E-state index is 0.201. The fraction of sp³-hybridized carbons (Fsp3) is 0.429. The summed E-state index contributed by atoms with van der Waals surface area (Å²) in [7, 11) is 0. The van der Waals surface area contributed by atoms with Gasteiger partial charge in [0.05, 0.1) is 11.6 Å². The second-order valence-electron chi connectivity index (χ2n) is 7.18. The van der Waals surface area contributed by atoms with Crippen LogP contribution in [-0.4, -0.2) is 29.0 Å². The molecule has 0 radical (unpaired) electrons. The topological polar surface area (TPSA) is 81.9 Å². The Morgan fingerprint density at radius 2 is 1.89 bits per heavy atom. The molecule has 6 nitrogen and oxygen atoms in total. The Labute approximate surface area is 160 Å². The maximum Gasteiger partial charge on any atom is 0.274 e. The van der Waals surface area contributed by atoms with E-state index in [1.165, 1.54) is 12.8 Å². The molecule has 6 heteroatoms. The third-order valence-electron chi connectivity index (χ3n) is 4.70. The van der Waals surface area contributed by atoms with Gasteiger partial charge < -0.3 is 10.2 Å². The van der Waals surface area contributed by atoms with Crippen molar-refractivity contribution in [1.82, 2.24) is 9.97 Å². The van der Waals surface area contributed by atoms with Crippen molar-refractivity contribution in [2.45, 2.75) is 45.4 Å². The molecule has 1 aliphatic rings. The van der Waals surface area contributed by atoms with E-state index in [0.29, 0.717) is 22.9 Å². The van der Waals surface area contributed by atoms with Gasteiger partial charge in [0.25, 0.3) is 5.91 Å². The summed E-state index contributed by atoms with van der Waals surface area (Å²) in [5.41, 5.74) is 2.30. The first-order chi connectivity index (χ1) is 13.1. The second kappa shape index (κ2) is 8.63. The fourth-order valence-electron chi connectivity index (χ4n) is 3.14. The Hall–Kier alpha value is -2.94. The molecule has 1 aromatic heterocycles. The third-order valence-corrected chi connectivity index (χ3v) is 4.70. The maximum atomic E-state index is 12.8. The van der Waals surface area contributed by atoms with E-state index < -0.39 is 0 Å². The van der Waals surface area contributed by atoms with E-state index >= 15 is 0 Å². The first kappa shape index (κ1) is 18.8. The molecule has 1 N–H and O–H groups in total. The van der Waals surface area contributed by atoms with Gasteiger partial charge in [-0.05, 0) is 43.0 Å². The maximum absolute atomic E-state index is 12.8. The lowest BCUT2D eigenvalue weighted by Crippen LogP contribution is -2.28. The Morgan fingerprint density at radius 1 is 1.15 bits per heavy atom. The quantitative estimate of drug-likeness (QED) is 0.884. The average molecular weight is 363 g/mol. The summed E-state index contributed by atoms with van der Waals surface area (Å²) in [6, 6.07) is 10.7. The highest BCUT2D eigenvalue weighted by Crippen LogP contribution is 2.21. The summed E-state index contributed by atoms with van der Waals surface area (Å²) in [4.78, 5) is 24.2. The Balaban J connectivity index is 1.88. The van der Waals surface area contributed by atoms with Crippen LogP contribution in [0.1, 0.15) is 67.2 Å². The fourth-order valence-corrected chi connectivity index (χ4v) is 3.14. The van der Waals surface area contributed by atoms with Crippen molar-refractivity contribution in [2.75, 3.05) is 23.3 Å². The molecular weight excluding hydrogens is 338 g/mol. The van der Waals surface area contributed by atoms with Crippen molar-refractivity contribution in [3.8, 4) is 6.07 Å². The molecule has 0 atom stereocenters. The Bertz CT molecular complexity index is 848. The molecule has 2 heterocycles. The summed E-state index contributed by atoms with van der Waals surface area (Å²) < 4.78 is 0. The Morgan fingerprint density at radius 3 is 2.56 bits per heavy atom. The summed E-state index contributed by atoms with van der Waals surface area (Å²) >= 11 is 0. The number of hydrogen-bond donors (Lipinski definition) is 1. The van der Waals surface area contributed by atoms with Crippen LogP contribution in [0.5, 0.6) is 0 Å². The highest BCUT2D eigenvalue weighted by atomic mass is 16.1. The van der Waals surface area contributed by atoms with Gasteiger partial charge in [0.15, 0.2) is 0 Å². The van der Waals surface area contributed by atoms with Crippen molar-refractivity contribution in [1.29, 1.82) is 5.26 Å². The van der Waals surface area contributed by atoms with Gasteiger partial charge in [-0.3, -0.25) is 4.79 Å². The molecule has 1 amide bonds. The van der Waals surface area contributed by atoms with Gasteiger partial charge >= 0.3 is 0 Å². The van der Waals surface area contributed by atoms with E-state index in [9.17, 15) is 4.79 Å². The highest BCUT2D eigenvalue weighted by molar-refractivity contribution is 6.03. The summed E-state index contributed by atoms with van der Waals surface area (Å²) in [5, 5.41) is 11.9. The summed E-state index contributed by atoms with van der Waals surface area (Å²) in [5.74, 6) is 0.552. The van der Waals surface area contributed by atoms with Crippen molar-refractivity contribution in [3.63, 3.8) is 0 Å². The monoisotopic (exact) mass is 363 g/mol. The van der Waals surface area contributed by atoms with E-state index in [0.717, 1.165) is 31.6 Å². The molecule has 1 aromatic carbocycles. The minimum atomic E-state index is -0.287. The Kier molecular flexibility index (Phi) is 6.02. The van der Waals surface area contributed by atoms with Gasteiger partial charge in [-0.2, -0.15) is 5.26 Å². The molecule has 1 saturated heterocycles. The van der Waals surface area contributed by atoms with Crippen LogP contribution >= 0.6 is 0 Å². The zero-order valence-electron chi connectivity index (χ0n) is 15.9. The SMILES string of the molecule is CC(C)c1cc(C(=O)Nc2cccc(C#N)c2)nc(N2CCCCCC2)n1. The predicted octanol–water partition coefficient (Wildman–Crippen LogP) is 4.10. The molecule has 3 rings (SSSR count). The number of aromatic nitrogens is 2. The second-order valence-corrected chi connectivity index (χ2v) is 7.18. The highest BCUT2D eigenvalue weighted by Gasteiger charge is 2.18. The molecule has 0 saturated carbocycles. The number of rotatable bonds is 4. The van der Waals surface area contributed by atoms with Gasteiger partial charge in [-0.1, -0.05) is 32.8 Å². The van der Waals surface area contributed by atoms with E-state index in [-0.39, 0.29) is 11.8 Å². The molecule has 2 aromatic rings. The van der Waals surface area contributed by atoms with Crippen LogP contribution in [0.3, 0.4) is 0 Å². The van der Waals surface area contributed by atoms with Gasteiger partial charge in [-0.25, -0.2) is 9.97 Å². The molecule has 140 valence electrons. The molecule has 0 spiro atoms. The zero-order chi connectivity index (χ0) is 19.2. The number of nitrogens with one attached hydrogen (secondary N) is 1. The molecule has 0 bridgehead atoms. The molecular formula is C21H25N5O. The van der Waals surface area contributed by atoms with Crippen LogP contribution in [0.4, 0.5) is 11.6 Å². The average Bonchev–Trinajstić information content (AvgIpc) is 2.97. The molecule has 1 fully saturated rings. The normalized spacial score (nSPS) is 14.5. The lowest BCUT2D eigenvalue weighted by Gasteiger charge is -2.22. The van der Waals surface area contributed by atoms with Crippen LogP contribution < -0.4 is 10.2 Å². The van der Waals surface area contributed by atoms with Crippen LogP contribution in [0.2, 0.25) is 0 Å². The number of anilines is 2. The van der Waals surface area contributed by atoms with E-state index in [4.69, 9.17) is 10.2 Å². The van der Waals surface area contributed by atoms with Gasteiger partial charge in [-0.15, -0.1) is 0 Å². The third kappa shape index (κ3) is 4.82. The predicted molar refractivity (Wildman–Crippen MR) is 106 cm³/mol. The van der Waals surface area contributed by atoms with Crippen LogP contribution in [0.25, 0.3) is 0 Å². The van der Waals surface area contributed by atoms with Crippen molar-refractivity contribution < 1.29 is 4.79 Å². The van der Waals surface area contributed by atoms with E-state index in [1.54, 1.807) is 30.3 Å². The van der Waals surface area contributed by atoms with Crippen molar-refractivity contribution in [3.05, 3.63) is 47.3 Å². The number of carbonyl (C=O) groups excluding carboxylic acids is 1. The largest absolute Gasteiger partial charge is 0.341 e. The standard InChI is InChI=1S/C21H25N5O/c1-15(2)18-13-19(20(27)23-17-9-7-8-16(12-17)14-22)25-21(24-18)26-10-5-3-4-6-11-26/h7-9,12-13,15H,3-6,10-11H2,1-2H3,(H,23,27). The van der Waals surface area contributed by atoms with Gasteiger partial charge in [0.2, 0.25) is 5.95 Å². The minimum Gasteiger partial charge on any atom is -0.341 e. The number of carbonyl (C=O) groups is 1. The first-order valence-electron chi connectivity index (χ1n) is 9.52. The smallest absolute Gasteiger partial charge is 0.274 e. The van der Waals surface area contributed by atoms with Crippen LogP contribution in [0.15, 0.2) is 30.3 Å². The first-order valence-corrected chi connectivity index (χ1v) is 9.52. The molecule has 0 unspecified atom stereocenters. The molecule has 1 aliphatic heterocycles. The van der Waals surface area contributed by atoms with Crippen LogP contribution in [0, 0.1) is 11.3 Å². The lowest BCUT2D eigenvalue weighted by molar-refractivity contribution is 0.102. The van der Waals surface area contributed by atoms with Gasteiger partial charge in [0.1, 0.15) is 5.69 Å². The lowest BCUT2D eigenvalue weighted by atomic mass is 10.1. The molecule has 0 aliphatic carbocycles. The zero-order valence-corrected chi connectivity index (χ0v) is 15.9. The number of amides is 1. The van der Waals surface area contributed by atoms with E-state index in [1.807, 2.05) is 0 Å².